The molecule has 0 heterocycles. The molecule has 90 valence electrons. The van der Waals surface area contributed by atoms with Crippen LogP contribution in [0, 0.1) is 0 Å². The van der Waals surface area contributed by atoms with Crippen LogP contribution in [-0.4, -0.2) is 12.1 Å². The predicted octanol–water partition coefficient (Wildman–Crippen LogP) is 2.58. The van der Waals surface area contributed by atoms with E-state index < -0.39 is 0 Å². The zero-order valence-corrected chi connectivity index (χ0v) is 9.75. The SMILES string of the molecule is O=CCC(=O)[c-]1cccc1.[Fe].[cH-]1[cH-][cH-][cH-][cH-]1. The number of ketones is 1. The topological polar surface area (TPSA) is 34.1 Å². The predicted molar refractivity (Wildman–Crippen MR) is 59.1 cm³/mol. The quantitative estimate of drug-likeness (QED) is 0.278. The second-order valence-electron chi connectivity index (χ2n) is 2.93. The minimum atomic E-state index is -0.111. The van der Waals surface area contributed by atoms with E-state index >= 15 is 0 Å². The molecule has 0 aliphatic rings. The van der Waals surface area contributed by atoms with Crippen LogP contribution >= 0.6 is 0 Å². The van der Waals surface area contributed by atoms with Crippen LogP contribution in [0.15, 0.2) is 54.6 Å². The monoisotopic (exact) mass is 256 g/mol. The van der Waals surface area contributed by atoms with Gasteiger partial charge in [0.1, 0.15) is 12.1 Å². The second kappa shape index (κ2) is 8.83. The first kappa shape index (κ1) is 14.6. The van der Waals surface area contributed by atoms with Crippen molar-refractivity contribution in [3.63, 3.8) is 0 Å². The van der Waals surface area contributed by atoms with Crippen molar-refractivity contribution in [1.82, 2.24) is 0 Å². The molecule has 0 bridgehead atoms. The van der Waals surface area contributed by atoms with Crippen LogP contribution < -0.4 is 0 Å². The summed E-state index contributed by atoms with van der Waals surface area (Å²) in [5.41, 5.74) is 0.618. The molecule has 0 aliphatic carbocycles. The summed E-state index contributed by atoms with van der Waals surface area (Å²) in [6.45, 7) is 0. The fourth-order valence-electron chi connectivity index (χ4n) is 1.07. The Hall–Kier alpha value is -1.44. The Morgan fingerprint density at radius 3 is 1.88 bits per heavy atom. The second-order valence-corrected chi connectivity index (χ2v) is 2.93. The average molecular weight is 256 g/mol. The fraction of sp³-hybridized carbons (Fsp3) is 0.0769. The molecule has 2 rings (SSSR count). The maximum Gasteiger partial charge on any atom is 0.126 e. The van der Waals surface area contributed by atoms with Gasteiger partial charge in [-0.2, -0.15) is 12.1 Å². The van der Waals surface area contributed by atoms with Gasteiger partial charge in [-0.25, -0.2) is 12.1 Å². The van der Waals surface area contributed by atoms with Crippen LogP contribution in [0.4, 0.5) is 0 Å². The molecule has 0 atom stereocenters. The van der Waals surface area contributed by atoms with Crippen molar-refractivity contribution >= 4 is 12.1 Å². The van der Waals surface area contributed by atoms with Gasteiger partial charge in [0.05, 0.1) is 6.42 Å². The normalized spacial score (nSPS) is 8.25. The van der Waals surface area contributed by atoms with Gasteiger partial charge >= 0.3 is 0 Å². The Morgan fingerprint density at radius 1 is 1.06 bits per heavy atom. The largest absolute Gasteiger partial charge is 0.748 e. The summed E-state index contributed by atoms with van der Waals surface area (Å²) >= 11 is 0. The van der Waals surface area contributed by atoms with Crippen molar-refractivity contribution in [2.45, 2.75) is 6.42 Å². The third-order valence-electron chi connectivity index (χ3n) is 1.81. The maximum atomic E-state index is 10.9. The minimum absolute atomic E-state index is 0. The maximum absolute atomic E-state index is 10.9. The third kappa shape index (κ3) is 5.44. The zero-order valence-electron chi connectivity index (χ0n) is 8.65. The smallest absolute Gasteiger partial charge is 0.126 e. The van der Waals surface area contributed by atoms with Crippen LogP contribution in [0.1, 0.15) is 16.8 Å². The zero-order chi connectivity index (χ0) is 10.9. The minimum Gasteiger partial charge on any atom is -0.748 e. The summed E-state index contributed by atoms with van der Waals surface area (Å²) in [6, 6.07) is 17.0. The molecular formula is C13H12FeO2-6. The van der Waals surface area contributed by atoms with Crippen molar-refractivity contribution < 1.29 is 26.7 Å². The first-order valence-corrected chi connectivity index (χ1v) is 4.70. The molecule has 0 spiro atoms. The molecule has 0 aliphatic heterocycles. The number of carbonyl (C=O) groups is 2. The Kier molecular flexibility index (Phi) is 8.04. The molecule has 16 heavy (non-hydrogen) atoms. The van der Waals surface area contributed by atoms with E-state index in [-0.39, 0.29) is 29.3 Å². The number of Topliss-reactive ketones (excluding diaryl/α,β-unsaturated/α-hetero) is 1. The van der Waals surface area contributed by atoms with Crippen molar-refractivity contribution in [2.75, 3.05) is 0 Å². The van der Waals surface area contributed by atoms with E-state index in [1.54, 1.807) is 24.3 Å². The van der Waals surface area contributed by atoms with Crippen LogP contribution in [0.3, 0.4) is 0 Å². The molecule has 2 aromatic carbocycles. The van der Waals surface area contributed by atoms with Crippen LogP contribution in [-0.2, 0) is 21.9 Å². The average Bonchev–Trinajstić information content (AvgIpc) is 2.95. The molecule has 3 heteroatoms. The van der Waals surface area contributed by atoms with Crippen molar-refractivity contribution in [3.05, 3.63) is 60.2 Å². The van der Waals surface area contributed by atoms with Crippen molar-refractivity contribution in [3.8, 4) is 0 Å². The first-order chi connectivity index (χ1) is 7.34. The summed E-state index contributed by atoms with van der Waals surface area (Å²) < 4.78 is 0. The molecule has 0 fully saturated rings. The van der Waals surface area contributed by atoms with Gasteiger partial charge in [-0.1, -0.05) is 5.56 Å². The summed E-state index contributed by atoms with van der Waals surface area (Å²) in [4.78, 5) is 20.8. The molecule has 2 nitrogen and oxygen atoms in total. The van der Waals surface area contributed by atoms with Crippen LogP contribution in [0.25, 0.3) is 0 Å². The number of hydrogen-bond acceptors (Lipinski definition) is 2. The standard InChI is InChI=1S/C8H7O2.C5H5.Fe/c9-6-5-8(10)7-3-1-2-4-7;1-2-4-5-3-1;/h1-4,6H,5H2;1-5H;/q-1;-5;. The molecule has 0 radical (unpaired) electrons. The summed E-state index contributed by atoms with van der Waals surface area (Å²) in [7, 11) is 0. The summed E-state index contributed by atoms with van der Waals surface area (Å²) in [6.07, 6.45) is 0.610. The third-order valence-corrected chi connectivity index (χ3v) is 1.81. The molecule has 0 amide bonds. The molecule has 0 saturated heterocycles. The molecule has 0 saturated carbocycles. The van der Waals surface area contributed by atoms with Gasteiger partial charge in [-0.05, 0) is 0 Å². The van der Waals surface area contributed by atoms with Crippen LogP contribution in [0.2, 0.25) is 0 Å². The number of carbonyl (C=O) groups excluding carboxylic acids is 2. The van der Waals surface area contributed by atoms with Crippen molar-refractivity contribution in [2.24, 2.45) is 0 Å². The number of aldehydes is 1. The number of hydrogen-bond donors (Lipinski definition) is 0. The van der Waals surface area contributed by atoms with Gasteiger partial charge in [-0.15, -0.1) is 0 Å². The van der Waals surface area contributed by atoms with E-state index in [2.05, 4.69) is 0 Å². The summed E-state index contributed by atoms with van der Waals surface area (Å²) in [5.74, 6) is -0.111. The van der Waals surface area contributed by atoms with E-state index in [4.69, 9.17) is 0 Å². The molecule has 2 aromatic rings. The first-order valence-electron chi connectivity index (χ1n) is 4.70. The summed E-state index contributed by atoms with van der Waals surface area (Å²) in [5, 5.41) is 0. The fourth-order valence-corrected chi connectivity index (χ4v) is 1.07. The Balaban J connectivity index is 0.000000318. The molecule has 0 N–H and O–H groups in total. The van der Waals surface area contributed by atoms with E-state index in [1.165, 1.54) is 0 Å². The molecule has 0 aromatic heterocycles. The molecule has 0 unspecified atom stereocenters. The van der Waals surface area contributed by atoms with Gasteiger partial charge in [0, 0.05) is 17.1 Å². The van der Waals surface area contributed by atoms with E-state index in [1.807, 2.05) is 30.3 Å². The Bertz CT molecular complexity index is 357. The van der Waals surface area contributed by atoms with E-state index in [9.17, 15) is 9.59 Å². The number of rotatable bonds is 3. The van der Waals surface area contributed by atoms with Gasteiger partial charge in [0.15, 0.2) is 0 Å². The van der Waals surface area contributed by atoms with Crippen molar-refractivity contribution in [1.29, 1.82) is 0 Å². The van der Waals surface area contributed by atoms with Crippen LogP contribution in [0.5, 0.6) is 0 Å². The van der Waals surface area contributed by atoms with Gasteiger partial charge in [-0.3, -0.25) is 0 Å². The Labute approximate surface area is 105 Å². The van der Waals surface area contributed by atoms with E-state index in [0.29, 0.717) is 11.8 Å². The van der Waals surface area contributed by atoms with Gasteiger partial charge < -0.3 is 39.9 Å². The van der Waals surface area contributed by atoms with Gasteiger partial charge in [0.25, 0.3) is 0 Å². The van der Waals surface area contributed by atoms with E-state index in [0.717, 1.165) is 0 Å². The van der Waals surface area contributed by atoms with Gasteiger partial charge in [0.2, 0.25) is 0 Å². The molecular weight excluding hydrogens is 244 g/mol. The Morgan fingerprint density at radius 2 is 1.50 bits per heavy atom.